The molecule has 4 N–H and O–H groups in total. The van der Waals surface area contributed by atoms with Crippen molar-refractivity contribution >= 4 is 33.2 Å². The third-order valence-electron chi connectivity index (χ3n) is 2.70. The Labute approximate surface area is 124 Å². The number of nitrogens with one attached hydrogen (secondary N) is 1. The van der Waals surface area contributed by atoms with Crippen molar-refractivity contribution in [3.05, 3.63) is 46.4 Å². The van der Waals surface area contributed by atoms with Crippen LogP contribution in [0.3, 0.4) is 0 Å². The summed E-state index contributed by atoms with van der Waals surface area (Å²) < 4.78 is 5.78. The molecule has 2 rings (SSSR count). The second kappa shape index (κ2) is 5.83. The molecule has 0 aromatic heterocycles. The number of phenolic OH excluding ortho intramolecular Hbond substituents is 1. The topological polar surface area (TPSA) is 84.6 Å². The molecule has 0 heterocycles. The van der Waals surface area contributed by atoms with Gasteiger partial charge >= 0.3 is 0 Å². The van der Waals surface area contributed by atoms with E-state index >= 15 is 0 Å². The number of nitrogens with two attached hydrogens (primary N) is 1. The number of rotatable bonds is 3. The fourth-order valence-electron chi connectivity index (χ4n) is 1.64. The molecule has 2 aromatic carbocycles. The Morgan fingerprint density at radius 1 is 1.30 bits per heavy atom. The first kappa shape index (κ1) is 14.2. The number of halogens is 1. The highest BCUT2D eigenvalue weighted by Crippen LogP contribution is 2.26. The van der Waals surface area contributed by atoms with E-state index in [1.165, 1.54) is 19.2 Å². The number of phenols is 1. The summed E-state index contributed by atoms with van der Waals surface area (Å²) in [6, 6.07) is 9.51. The van der Waals surface area contributed by atoms with Gasteiger partial charge in [0.2, 0.25) is 0 Å². The molecule has 104 valence electrons. The van der Waals surface area contributed by atoms with Crippen LogP contribution >= 0.6 is 15.9 Å². The summed E-state index contributed by atoms with van der Waals surface area (Å²) in [4.78, 5) is 12.1. The number of aromatic hydroxyl groups is 1. The minimum atomic E-state index is -0.442. The molecule has 0 bridgehead atoms. The molecular formula is C14H13BrN2O3. The van der Waals surface area contributed by atoms with Crippen LogP contribution in [-0.4, -0.2) is 18.1 Å². The lowest BCUT2D eigenvalue weighted by Crippen LogP contribution is -2.12. The maximum absolute atomic E-state index is 12.1. The zero-order valence-electron chi connectivity index (χ0n) is 10.7. The van der Waals surface area contributed by atoms with Crippen molar-refractivity contribution in [2.75, 3.05) is 18.2 Å². The molecule has 20 heavy (non-hydrogen) atoms. The number of carbonyl (C=O) groups excluding carboxylic acids is 1. The van der Waals surface area contributed by atoms with Crippen LogP contribution in [0.1, 0.15) is 10.4 Å². The molecule has 5 nitrogen and oxygen atoms in total. The van der Waals surface area contributed by atoms with Gasteiger partial charge in [-0.05, 0) is 52.3 Å². The zero-order chi connectivity index (χ0) is 14.7. The van der Waals surface area contributed by atoms with Crippen molar-refractivity contribution < 1.29 is 14.6 Å². The Hall–Kier alpha value is -2.21. The number of methoxy groups -OCH3 is 1. The number of carbonyl (C=O) groups is 1. The number of hydrogen-bond acceptors (Lipinski definition) is 4. The predicted octanol–water partition coefficient (Wildman–Crippen LogP) is 3.00. The summed E-state index contributed by atoms with van der Waals surface area (Å²) in [6.45, 7) is 0. The lowest BCUT2D eigenvalue weighted by molar-refractivity contribution is 0.102. The van der Waals surface area contributed by atoms with Gasteiger partial charge in [0.1, 0.15) is 11.5 Å². The molecule has 0 atom stereocenters. The number of benzene rings is 2. The lowest BCUT2D eigenvalue weighted by atomic mass is 10.1. The molecule has 0 spiro atoms. The first-order chi connectivity index (χ1) is 9.51. The largest absolute Gasteiger partial charge is 0.507 e. The fraction of sp³-hybridized carbons (Fsp3) is 0.0714. The summed E-state index contributed by atoms with van der Waals surface area (Å²) in [5, 5.41) is 12.4. The van der Waals surface area contributed by atoms with Gasteiger partial charge in [0, 0.05) is 15.8 Å². The number of ether oxygens (including phenoxy) is 1. The van der Waals surface area contributed by atoms with E-state index in [1.807, 2.05) is 0 Å². The quantitative estimate of drug-likeness (QED) is 0.752. The third-order valence-corrected chi connectivity index (χ3v) is 3.42. The fourth-order valence-corrected chi connectivity index (χ4v) is 1.89. The minimum Gasteiger partial charge on any atom is -0.507 e. The lowest BCUT2D eigenvalue weighted by Gasteiger charge is -2.09. The van der Waals surface area contributed by atoms with E-state index in [0.717, 1.165) is 4.47 Å². The standard InChI is InChI=1S/C14H13BrN2O3/c1-20-9-3-5-13(18)10(7-9)14(19)17-8-2-4-11(15)12(16)6-8/h2-7,18H,16H2,1H3,(H,17,19). The molecule has 6 heteroatoms. The van der Waals surface area contributed by atoms with E-state index in [-0.39, 0.29) is 11.3 Å². The van der Waals surface area contributed by atoms with Crippen molar-refractivity contribution in [3.63, 3.8) is 0 Å². The highest BCUT2D eigenvalue weighted by molar-refractivity contribution is 9.10. The van der Waals surface area contributed by atoms with E-state index < -0.39 is 5.91 Å². The van der Waals surface area contributed by atoms with Crippen LogP contribution in [0.25, 0.3) is 0 Å². The molecule has 0 radical (unpaired) electrons. The third kappa shape index (κ3) is 3.03. The van der Waals surface area contributed by atoms with Gasteiger partial charge in [-0.2, -0.15) is 0 Å². The molecule has 0 aliphatic rings. The van der Waals surface area contributed by atoms with Crippen molar-refractivity contribution in [2.24, 2.45) is 0 Å². The van der Waals surface area contributed by atoms with Gasteiger partial charge in [0.15, 0.2) is 0 Å². The molecule has 0 saturated heterocycles. The van der Waals surface area contributed by atoms with Crippen LogP contribution in [-0.2, 0) is 0 Å². The second-order valence-electron chi connectivity index (χ2n) is 4.07. The molecule has 0 aliphatic heterocycles. The number of amides is 1. The molecular weight excluding hydrogens is 324 g/mol. The van der Waals surface area contributed by atoms with Crippen molar-refractivity contribution in [1.29, 1.82) is 0 Å². The number of anilines is 2. The van der Waals surface area contributed by atoms with Gasteiger partial charge in [-0.1, -0.05) is 0 Å². The van der Waals surface area contributed by atoms with Gasteiger partial charge in [0.25, 0.3) is 5.91 Å². The average Bonchev–Trinajstić information content (AvgIpc) is 2.43. The maximum atomic E-state index is 12.1. The van der Waals surface area contributed by atoms with E-state index in [4.69, 9.17) is 10.5 Å². The van der Waals surface area contributed by atoms with E-state index in [0.29, 0.717) is 17.1 Å². The molecule has 2 aromatic rings. The summed E-state index contributed by atoms with van der Waals surface area (Å²) in [6.07, 6.45) is 0. The van der Waals surface area contributed by atoms with Crippen LogP contribution in [0.4, 0.5) is 11.4 Å². The molecule has 0 unspecified atom stereocenters. The van der Waals surface area contributed by atoms with Gasteiger partial charge in [-0.25, -0.2) is 0 Å². The highest BCUT2D eigenvalue weighted by atomic mass is 79.9. The van der Waals surface area contributed by atoms with Crippen LogP contribution in [0.15, 0.2) is 40.9 Å². The Bertz CT molecular complexity index is 659. The molecule has 0 fully saturated rings. The first-order valence-corrected chi connectivity index (χ1v) is 6.54. The molecule has 0 saturated carbocycles. The Kier molecular flexibility index (Phi) is 4.14. The highest BCUT2D eigenvalue weighted by Gasteiger charge is 2.13. The zero-order valence-corrected chi connectivity index (χ0v) is 12.3. The van der Waals surface area contributed by atoms with Crippen LogP contribution in [0.5, 0.6) is 11.5 Å². The van der Waals surface area contributed by atoms with Crippen molar-refractivity contribution in [1.82, 2.24) is 0 Å². The number of hydrogen-bond donors (Lipinski definition) is 3. The van der Waals surface area contributed by atoms with E-state index in [2.05, 4.69) is 21.2 Å². The summed E-state index contributed by atoms with van der Waals surface area (Å²) >= 11 is 3.28. The summed E-state index contributed by atoms with van der Waals surface area (Å²) in [5.41, 5.74) is 6.92. The van der Waals surface area contributed by atoms with Gasteiger partial charge in [-0.15, -0.1) is 0 Å². The van der Waals surface area contributed by atoms with E-state index in [1.54, 1.807) is 24.3 Å². The van der Waals surface area contributed by atoms with Crippen LogP contribution in [0, 0.1) is 0 Å². The monoisotopic (exact) mass is 336 g/mol. The van der Waals surface area contributed by atoms with Crippen molar-refractivity contribution in [2.45, 2.75) is 0 Å². The Morgan fingerprint density at radius 3 is 2.70 bits per heavy atom. The first-order valence-electron chi connectivity index (χ1n) is 5.74. The SMILES string of the molecule is COc1ccc(O)c(C(=O)Nc2ccc(Br)c(N)c2)c1. The summed E-state index contributed by atoms with van der Waals surface area (Å²) in [5.74, 6) is -0.0697. The van der Waals surface area contributed by atoms with E-state index in [9.17, 15) is 9.90 Å². The second-order valence-corrected chi connectivity index (χ2v) is 4.93. The average molecular weight is 337 g/mol. The Morgan fingerprint density at radius 2 is 2.05 bits per heavy atom. The molecule has 1 amide bonds. The van der Waals surface area contributed by atoms with Crippen LogP contribution < -0.4 is 15.8 Å². The van der Waals surface area contributed by atoms with Crippen LogP contribution in [0.2, 0.25) is 0 Å². The minimum absolute atomic E-state index is 0.117. The van der Waals surface area contributed by atoms with Gasteiger partial charge in [0.05, 0.1) is 12.7 Å². The molecule has 0 aliphatic carbocycles. The van der Waals surface area contributed by atoms with Gasteiger partial charge in [-0.3, -0.25) is 4.79 Å². The van der Waals surface area contributed by atoms with Gasteiger partial charge < -0.3 is 20.9 Å². The van der Waals surface area contributed by atoms with Crippen molar-refractivity contribution in [3.8, 4) is 11.5 Å². The normalized spacial score (nSPS) is 10.1. The smallest absolute Gasteiger partial charge is 0.259 e. The Balaban J connectivity index is 2.25. The maximum Gasteiger partial charge on any atom is 0.259 e. The number of nitrogen functional groups attached to an aromatic ring is 1. The summed E-state index contributed by atoms with van der Waals surface area (Å²) in [7, 11) is 1.49. The predicted molar refractivity (Wildman–Crippen MR) is 81.2 cm³/mol.